The molecule has 11 rings (SSSR count). The molecule has 0 saturated heterocycles. The number of hydrogen-bond acceptors (Lipinski definition) is 1. The molecule has 2 aliphatic rings. The second-order valence-corrected chi connectivity index (χ2v) is 16.4. The lowest BCUT2D eigenvalue weighted by atomic mass is 9.91. The molecule has 2 heteroatoms. The van der Waals surface area contributed by atoms with Crippen LogP contribution in [0.5, 0.6) is 0 Å². The van der Waals surface area contributed by atoms with Crippen molar-refractivity contribution < 1.29 is 0 Å². The van der Waals surface area contributed by atoms with Gasteiger partial charge >= 0.3 is 0 Å². The van der Waals surface area contributed by atoms with E-state index in [2.05, 4.69) is 246 Å². The van der Waals surface area contributed by atoms with Crippen molar-refractivity contribution in [2.45, 2.75) is 25.2 Å². The molecule has 0 amide bonds. The standard InChI is InChI=1S/C60H46N2/c1-5-13-43(14-6-1)47-21-31-53(32-22-47)61(54-33-23-48(24-34-54)44-15-7-2-8-16-44)55-35-27-50(28-36-55)52-30-40-60-58(42-52)57-41-51(46-19-11-4-12-20-46)29-39-59(57)62(60)56-37-25-49(26-38-56)45-17-9-3-10-18-45/h1,3-7,9-28,30-42,51H,2,8,29H2. The highest BCUT2D eigenvalue weighted by atomic mass is 15.1. The number of fused-ring (bicyclic) bond motifs is 3. The van der Waals surface area contributed by atoms with Gasteiger partial charge in [0.25, 0.3) is 0 Å². The molecule has 0 radical (unpaired) electrons. The molecule has 1 unspecified atom stereocenters. The van der Waals surface area contributed by atoms with Crippen LogP contribution in [-0.2, 0) is 0 Å². The summed E-state index contributed by atoms with van der Waals surface area (Å²) < 4.78 is 2.46. The van der Waals surface area contributed by atoms with Crippen molar-refractivity contribution in [3.63, 3.8) is 0 Å². The third-order valence-electron chi connectivity index (χ3n) is 12.6. The molecular formula is C60H46N2. The van der Waals surface area contributed by atoms with Crippen molar-refractivity contribution >= 4 is 45.7 Å². The van der Waals surface area contributed by atoms with Gasteiger partial charge in [0.15, 0.2) is 0 Å². The van der Waals surface area contributed by atoms with Crippen LogP contribution in [0.25, 0.3) is 67.7 Å². The molecule has 0 saturated carbocycles. The van der Waals surface area contributed by atoms with Gasteiger partial charge in [-0.25, -0.2) is 0 Å². The highest BCUT2D eigenvalue weighted by molar-refractivity contribution is 5.90. The second-order valence-electron chi connectivity index (χ2n) is 16.4. The van der Waals surface area contributed by atoms with Gasteiger partial charge in [0.05, 0.1) is 5.52 Å². The Kier molecular flexibility index (Phi) is 9.88. The van der Waals surface area contributed by atoms with Crippen molar-refractivity contribution in [1.82, 2.24) is 4.57 Å². The zero-order chi connectivity index (χ0) is 41.2. The van der Waals surface area contributed by atoms with Crippen molar-refractivity contribution in [3.05, 3.63) is 246 Å². The van der Waals surface area contributed by atoms with E-state index in [4.69, 9.17) is 0 Å². The maximum atomic E-state index is 2.50. The van der Waals surface area contributed by atoms with E-state index in [1.165, 1.54) is 77.2 Å². The van der Waals surface area contributed by atoms with E-state index >= 15 is 0 Å². The molecule has 0 spiro atoms. The van der Waals surface area contributed by atoms with Crippen molar-refractivity contribution in [2.24, 2.45) is 0 Å². The van der Waals surface area contributed by atoms with Crippen molar-refractivity contribution in [2.75, 3.05) is 4.90 Å². The highest BCUT2D eigenvalue weighted by Gasteiger charge is 2.19. The Balaban J connectivity index is 0.981. The number of anilines is 3. The predicted molar refractivity (Wildman–Crippen MR) is 263 cm³/mol. The van der Waals surface area contributed by atoms with Crippen LogP contribution in [0.15, 0.2) is 224 Å². The summed E-state index contributed by atoms with van der Waals surface area (Å²) in [5.41, 5.74) is 16.9. The van der Waals surface area contributed by atoms with Gasteiger partial charge in [-0.1, -0.05) is 176 Å². The Morgan fingerprint density at radius 1 is 0.435 bits per heavy atom. The summed E-state index contributed by atoms with van der Waals surface area (Å²) in [7, 11) is 0. The topological polar surface area (TPSA) is 8.17 Å². The molecule has 0 bridgehead atoms. The highest BCUT2D eigenvalue weighted by Crippen LogP contribution is 2.38. The van der Waals surface area contributed by atoms with Crippen LogP contribution < -0.4 is 15.5 Å². The molecule has 1 aromatic heterocycles. The molecule has 2 aliphatic carbocycles. The van der Waals surface area contributed by atoms with Gasteiger partial charge in [-0.3, -0.25) is 0 Å². The lowest BCUT2D eigenvalue weighted by Crippen LogP contribution is -2.31. The summed E-state index contributed by atoms with van der Waals surface area (Å²) >= 11 is 0. The Labute approximate surface area is 364 Å². The minimum Gasteiger partial charge on any atom is -0.311 e. The van der Waals surface area contributed by atoms with E-state index < -0.39 is 0 Å². The zero-order valence-electron chi connectivity index (χ0n) is 34.6. The minimum atomic E-state index is 0.323. The summed E-state index contributed by atoms with van der Waals surface area (Å²) in [6.45, 7) is 0. The smallest absolute Gasteiger partial charge is 0.0541 e. The van der Waals surface area contributed by atoms with E-state index in [1.54, 1.807) is 0 Å². The molecule has 296 valence electrons. The van der Waals surface area contributed by atoms with Crippen molar-refractivity contribution in [3.8, 4) is 39.1 Å². The molecular weight excluding hydrogens is 749 g/mol. The fourth-order valence-corrected chi connectivity index (χ4v) is 9.36. The van der Waals surface area contributed by atoms with E-state index in [1.807, 2.05) is 0 Å². The van der Waals surface area contributed by atoms with Gasteiger partial charge in [0.2, 0.25) is 0 Å². The fraction of sp³-hybridized carbons (Fsp3) is 0.0667. The molecule has 8 aromatic carbocycles. The lowest BCUT2D eigenvalue weighted by Gasteiger charge is -2.26. The average Bonchev–Trinajstić information content (AvgIpc) is 3.69. The van der Waals surface area contributed by atoms with Crippen LogP contribution in [0.1, 0.15) is 36.3 Å². The fourth-order valence-electron chi connectivity index (χ4n) is 9.36. The molecule has 62 heavy (non-hydrogen) atoms. The summed E-state index contributed by atoms with van der Waals surface area (Å²) in [4.78, 5) is 2.37. The number of hydrogen-bond donors (Lipinski definition) is 0. The van der Waals surface area contributed by atoms with E-state index in [9.17, 15) is 0 Å². The molecule has 1 heterocycles. The molecule has 2 nitrogen and oxygen atoms in total. The van der Waals surface area contributed by atoms with E-state index in [0.717, 1.165) is 36.3 Å². The lowest BCUT2D eigenvalue weighted by molar-refractivity contribution is 0.907. The summed E-state index contributed by atoms with van der Waals surface area (Å²) in [5.74, 6) is 0.323. The van der Waals surface area contributed by atoms with Gasteiger partial charge in [-0.2, -0.15) is 0 Å². The Morgan fingerprint density at radius 2 is 0.935 bits per heavy atom. The average molecular weight is 795 g/mol. The maximum Gasteiger partial charge on any atom is 0.0541 e. The number of allylic oxidation sites excluding steroid dienone is 4. The molecule has 0 aliphatic heterocycles. The van der Waals surface area contributed by atoms with Gasteiger partial charge in [0, 0.05) is 44.6 Å². The number of benzene rings is 8. The van der Waals surface area contributed by atoms with Crippen LogP contribution in [0.2, 0.25) is 0 Å². The number of rotatable bonds is 9. The number of nitrogens with zero attached hydrogens (tertiary/aromatic N) is 2. The Hall–Kier alpha value is -7.68. The van der Waals surface area contributed by atoms with E-state index in [-0.39, 0.29) is 0 Å². The Bertz CT molecular complexity index is 3190. The van der Waals surface area contributed by atoms with Gasteiger partial charge in [-0.05, 0) is 130 Å². The van der Waals surface area contributed by atoms with Gasteiger partial charge in [-0.15, -0.1) is 0 Å². The van der Waals surface area contributed by atoms with Crippen LogP contribution in [0, 0.1) is 0 Å². The van der Waals surface area contributed by atoms with Crippen molar-refractivity contribution in [1.29, 1.82) is 0 Å². The summed E-state index contributed by atoms with van der Waals surface area (Å²) in [5, 5.41) is 3.84. The second kappa shape index (κ2) is 16.4. The SMILES string of the molecule is C1=CC(c2ccc(N(c3ccc(-c4ccccc4)cc3)c3ccc(-c4ccc5c(c4)c4c(n5-c5ccc(-c6ccccc6)cc5)=CCC(c5ccccc5)C=4)cc3)cc2)=CCC1. The summed E-state index contributed by atoms with van der Waals surface area (Å²) in [6, 6.07) is 75.3. The first-order valence-corrected chi connectivity index (χ1v) is 21.8. The number of aromatic nitrogens is 1. The zero-order valence-corrected chi connectivity index (χ0v) is 34.6. The minimum absolute atomic E-state index is 0.323. The largest absolute Gasteiger partial charge is 0.311 e. The van der Waals surface area contributed by atoms with Gasteiger partial charge in [0.1, 0.15) is 0 Å². The quantitative estimate of drug-likeness (QED) is 0.141. The third-order valence-corrected chi connectivity index (χ3v) is 12.6. The van der Waals surface area contributed by atoms with Gasteiger partial charge < -0.3 is 9.47 Å². The summed E-state index contributed by atoms with van der Waals surface area (Å²) in [6.07, 6.45) is 15.0. The third kappa shape index (κ3) is 7.20. The molecule has 0 N–H and O–H groups in total. The predicted octanol–water partition coefficient (Wildman–Crippen LogP) is 14.6. The van der Waals surface area contributed by atoms with Crippen LogP contribution >= 0.6 is 0 Å². The first-order valence-electron chi connectivity index (χ1n) is 21.8. The van der Waals surface area contributed by atoms with Crippen LogP contribution in [0.3, 0.4) is 0 Å². The molecule has 9 aromatic rings. The Morgan fingerprint density at radius 3 is 1.50 bits per heavy atom. The van der Waals surface area contributed by atoms with Crippen LogP contribution in [0.4, 0.5) is 17.1 Å². The molecule has 0 fully saturated rings. The first-order chi connectivity index (χ1) is 30.7. The first kappa shape index (κ1) is 37.3. The van der Waals surface area contributed by atoms with Crippen LogP contribution in [-0.4, -0.2) is 4.57 Å². The maximum absolute atomic E-state index is 2.50. The normalized spacial score (nSPS) is 14.4. The monoisotopic (exact) mass is 794 g/mol. The van der Waals surface area contributed by atoms with E-state index in [0.29, 0.717) is 5.92 Å². The molecule has 1 atom stereocenters.